The first-order valence-electron chi connectivity index (χ1n) is 11.1. The maximum Gasteiger partial charge on any atom is 0.573 e. The summed E-state index contributed by atoms with van der Waals surface area (Å²) < 4.78 is 41.0. The molecule has 2 amide bonds. The number of rotatable bonds is 8. The summed E-state index contributed by atoms with van der Waals surface area (Å²) in [5, 5.41) is 2.81. The molecule has 0 spiro atoms. The molecule has 3 unspecified atom stereocenters. The highest BCUT2D eigenvalue weighted by molar-refractivity contribution is 5.94. The molecule has 2 heterocycles. The van der Waals surface area contributed by atoms with Gasteiger partial charge in [-0.2, -0.15) is 0 Å². The highest BCUT2D eigenvalue weighted by Gasteiger charge is 2.55. The Balaban J connectivity index is 1.21. The van der Waals surface area contributed by atoms with Crippen LogP contribution in [-0.4, -0.2) is 66.2 Å². The minimum absolute atomic E-state index is 0.0457. The number of carbonyl (C=O) groups excluding carboxylic acids is 2. The molecule has 0 radical (unpaired) electrons. The molecule has 1 aromatic heterocycles. The largest absolute Gasteiger partial charge is 0.573 e. The van der Waals surface area contributed by atoms with Crippen molar-refractivity contribution in [2.24, 2.45) is 17.8 Å². The van der Waals surface area contributed by atoms with E-state index in [4.69, 9.17) is 0 Å². The minimum atomic E-state index is -4.81. The number of fused-ring (bicyclic) bond motifs is 1. The van der Waals surface area contributed by atoms with E-state index in [1.54, 1.807) is 24.3 Å². The van der Waals surface area contributed by atoms with E-state index in [9.17, 15) is 22.8 Å². The van der Waals surface area contributed by atoms with Crippen LogP contribution in [0.1, 0.15) is 28.9 Å². The number of ether oxygens (including phenoxy) is 1. The molecule has 1 aliphatic carbocycles. The molecule has 10 heteroatoms. The van der Waals surface area contributed by atoms with Crippen LogP contribution >= 0.6 is 0 Å². The lowest BCUT2D eigenvalue weighted by atomic mass is 10.1. The number of hydrogen-bond acceptors (Lipinski definition) is 5. The average Bonchev–Trinajstić information content (AvgIpc) is 3.26. The maximum atomic E-state index is 12.7. The van der Waals surface area contributed by atoms with Crippen molar-refractivity contribution in [3.8, 4) is 5.75 Å². The fourth-order valence-corrected chi connectivity index (χ4v) is 4.70. The lowest BCUT2D eigenvalue weighted by Crippen LogP contribution is -2.40. The topological polar surface area (TPSA) is 74.8 Å². The third-order valence-corrected chi connectivity index (χ3v) is 6.80. The third kappa shape index (κ3) is 5.67. The summed E-state index contributed by atoms with van der Waals surface area (Å²) in [6, 6.07) is 8.78. The van der Waals surface area contributed by atoms with Crippen LogP contribution in [0, 0.1) is 17.8 Å². The van der Waals surface area contributed by atoms with Gasteiger partial charge < -0.3 is 15.0 Å². The van der Waals surface area contributed by atoms with Gasteiger partial charge in [0.05, 0.1) is 12.6 Å². The van der Waals surface area contributed by atoms with Gasteiger partial charge in [-0.3, -0.25) is 19.5 Å². The Morgan fingerprint density at radius 3 is 2.53 bits per heavy atom. The summed E-state index contributed by atoms with van der Waals surface area (Å²) in [5.74, 6) is 0.338. The van der Waals surface area contributed by atoms with Crippen LogP contribution in [0.5, 0.6) is 5.75 Å². The molecule has 4 rings (SSSR count). The number of pyridine rings is 1. The first kappa shape index (κ1) is 24.0. The Morgan fingerprint density at radius 2 is 1.88 bits per heavy atom. The molecule has 2 aliphatic rings. The first-order valence-corrected chi connectivity index (χ1v) is 11.1. The molecule has 0 bridgehead atoms. The molecule has 34 heavy (non-hydrogen) atoms. The summed E-state index contributed by atoms with van der Waals surface area (Å²) in [5.41, 5.74) is 1.15. The molecule has 1 aromatic carbocycles. The lowest BCUT2D eigenvalue weighted by molar-refractivity contribution is -0.274. The highest BCUT2D eigenvalue weighted by Crippen LogP contribution is 2.51. The van der Waals surface area contributed by atoms with E-state index in [1.807, 2.05) is 19.1 Å². The molecule has 1 saturated heterocycles. The minimum Gasteiger partial charge on any atom is -0.406 e. The van der Waals surface area contributed by atoms with Gasteiger partial charge in [-0.25, -0.2) is 0 Å². The van der Waals surface area contributed by atoms with E-state index >= 15 is 0 Å². The van der Waals surface area contributed by atoms with Gasteiger partial charge in [0.15, 0.2) is 0 Å². The van der Waals surface area contributed by atoms with Crippen LogP contribution in [0.4, 0.5) is 13.2 Å². The van der Waals surface area contributed by atoms with Gasteiger partial charge in [-0.1, -0.05) is 6.07 Å². The van der Waals surface area contributed by atoms with Crippen LogP contribution in [-0.2, 0) is 4.79 Å². The second kappa shape index (κ2) is 9.61. The average molecular weight is 476 g/mol. The van der Waals surface area contributed by atoms with E-state index < -0.39 is 18.0 Å². The summed E-state index contributed by atoms with van der Waals surface area (Å²) in [7, 11) is 1.80. The molecule has 2 fully saturated rings. The number of alkyl halides is 3. The Morgan fingerprint density at radius 1 is 1.21 bits per heavy atom. The van der Waals surface area contributed by atoms with Gasteiger partial charge in [0.2, 0.25) is 5.91 Å². The Bertz CT molecular complexity index is 1020. The van der Waals surface area contributed by atoms with E-state index in [0.717, 1.165) is 30.8 Å². The zero-order valence-electron chi connectivity index (χ0n) is 19.0. The van der Waals surface area contributed by atoms with Crippen molar-refractivity contribution >= 4 is 11.8 Å². The zero-order chi connectivity index (χ0) is 24.5. The summed E-state index contributed by atoms with van der Waals surface area (Å²) >= 11 is 0. The smallest absolute Gasteiger partial charge is 0.406 e. The first-order chi connectivity index (χ1) is 16.1. The van der Waals surface area contributed by atoms with Crippen molar-refractivity contribution in [2.75, 3.05) is 33.2 Å². The second-order valence-corrected chi connectivity index (χ2v) is 8.93. The number of hydrogen-bond donors (Lipinski definition) is 1. The molecule has 2 aromatic rings. The van der Waals surface area contributed by atoms with Crippen molar-refractivity contribution in [2.45, 2.75) is 19.3 Å². The molecule has 1 saturated carbocycles. The van der Waals surface area contributed by atoms with Crippen LogP contribution < -0.4 is 10.1 Å². The lowest BCUT2D eigenvalue weighted by Gasteiger charge is -2.28. The number of carbonyl (C=O) groups is 2. The second-order valence-electron chi connectivity index (χ2n) is 8.93. The van der Waals surface area contributed by atoms with E-state index in [1.165, 1.54) is 12.1 Å². The van der Waals surface area contributed by atoms with Gasteiger partial charge >= 0.3 is 6.36 Å². The Hall–Kier alpha value is -3.14. The standard InChI is InChI=1S/C24H27F3N4O3/c1-15(16-6-8-28-9-7-16)30(2)22(32)14-31-12-20-19(21(20)13-31)11-29-23(33)17-4-3-5-18(10-17)34-24(25,26)27/h3-10,15,19-21H,11-14H2,1-2H3,(H,29,33). The highest BCUT2D eigenvalue weighted by atomic mass is 19.4. The van der Waals surface area contributed by atoms with Gasteiger partial charge in [-0.05, 0) is 60.6 Å². The number of halogens is 3. The van der Waals surface area contributed by atoms with E-state index in [0.29, 0.717) is 30.8 Å². The number of nitrogens with zero attached hydrogens (tertiary/aromatic N) is 3. The molecular formula is C24H27F3N4O3. The zero-order valence-corrected chi connectivity index (χ0v) is 19.0. The quantitative estimate of drug-likeness (QED) is 0.634. The van der Waals surface area contributed by atoms with Gasteiger partial charge in [-0.15, -0.1) is 13.2 Å². The molecule has 3 atom stereocenters. The summed E-state index contributed by atoms with van der Waals surface area (Å²) in [6.07, 6.45) is -1.38. The third-order valence-electron chi connectivity index (χ3n) is 6.80. The number of piperidine rings is 1. The SMILES string of the molecule is CC(c1ccncc1)N(C)C(=O)CN1CC2C(CNC(=O)c3cccc(OC(F)(F)F)c3)C2C1. The fraction of sp³-hybridized carbons (Fsp3) is 0.458. The number of likely N-dealkylation sites (tertiary alicyclic amines) is 1. The number of nitrogens with one attached hydrogen (secondary N) is 1. The molecule has 1 aliphatic heterocycles. The van der Waals surface area contributed by atoms with Crippen LogP contribution in [0.2, 0.25) is 0 Å². The van der Waals surface area contributed by atoms with Gasteiger partial charge in [0, 0.05) is 44.6 Å². The molecule has 182 valence electrons. The summed E-state index contributed by atoms with van der Waals surface area (Å²) in [4.78, 5) is 33.0. The normalized spacial score (nSPS) is 22.6. The van der Waals surface area contributed by atoms with Crippen LogP contribution in [0.25, 0.3) is 0 Å². The van der Waals surface area contributed by atoms with Crippen molar-refractivity contribution in [3.63, 3.8) is 0 Å². The number of likely N-dealkylation sites (N-methyl/N-ethyl adjacent to an activating group) is 1. The van der Waals surface area contributed by atoms with Crippen LogP contribution in [0.3, 0.4) is 0 Å². The Labute approximate surface area is 195 Å². The number of benzene rings is 1. The van der Waals surface area contributed by atoms with E-state index in [2.05, 4.69) is 19.9 Å². The predicted molar refractivity (Wildman–Crippen MR) is 118 cm³/mol. The summed E-state index contributed by atoms with van der Waals surface area (Å²) in [6.45, 7) is 4.38. The monoisotopic (exact) mass is 476 g/mol. The maximum absolute atomic E-state index is 12.7. The van der Waals surface area contributed by atoms with E-state index in [-0.39, 0.29) is 17.5 Å². The van der Waals surface area contributed by atoms with Gasteiger partial charge in [0.25, 0.3) is 5.91 Å². The molecule has 7 nitrogen and oxygen atoms in total. The van der Waals surface area contributed by atoms with Gasteiger partial charge in [0.1, 0.15) is 5.75 Å². The molecule has 1 N–H and O–H groups in total. The predicted octanol–water partition coefficient (Wildman–Crippen LogP) is 3.11. The number of amides is 2. The fourth-order valence-electron chi connectivity index (χ4n) is 4.70. The molecular weight excluding hydrogens is 449 g/mol. The Kier molecular flexibility index (Phi) is 6.79. The van der Waals surface area contributed by atoms with Crippen molar-refractivity contribution in [1.82, 2.24) is 20.1 Å². The number of aromatic nitrogens is 1. The van der Waals surface area contributed by atoms with Crippen molar-refractivity contribution in [1.29, 1.82) is 0 Å². The van der Waals surface area contributed by atoms with Crippen LogP contribution in [0.15, 0.2) is 48.8 Å². The van der Waals surface area contributed by atoms with Crippen molar-refractivity contribution < 1.29 is 27.5 Å². The van der Waals surface area contributed by atoms with Crippen molar-refractivity contribution in [3.05, 3.63) is 59.9 Å².